The number of thiazole rings is 3. The average Bonchev–Trinajstić information content (AvgIpc) is 4.02. The van der Waals surface area contributed by atoms with E-state index < -0.39 is 0 Å². The largest absolute Gasteiger partial charge is 0.253 e. The zero-order chi connectivity index (χ0) is 48.3. The van der Waals surface area contributed by atoms with Gasteiger partial charge in [-0.1, -0.05) is 154 Å². The molecule has 0 aliphatic carbocycles. The summed E-state index contributed by atoms with van der Waals surface area (Å²) in [6.45, 7) is 45.3. The minimum atomic E-state index is 0.105. The van der Waals surface area contributed by atoms with Crippen LogP contribution in [-0.2, 0) is 37.9 Å². The van der Waals surface area contributed by atoms with Crippen LogP contribution in [-0.4, -0.2) is 53.1 Å². The number of hydrogen-bond donors (Lipinski definition) is 0. The van der Waals surface area contributed by atoms with E-state index in [9.17, 15) is 0 Å². The highest BCUT2D eigenvalue weighted by Crippen LogP contribution is 2.27. The van der Waals surface area contributed by atoms with Crippen molar-refractivity contribution in [3.05, 3.63) is 94.3 Å². The lowest BCUT2D eigenvalue weighted by Crippen LogP contribution is -2.10. The molecule has 18 heteroatoms. The van der Waals surface area contributed by atoms with E-state index in [1.54, 1.807) is 40.3 Å². The van der Waals surface area contributed by atoms with Gasteiger partial charge in [0.25, 0.3) is 0 Å². The van der Waals surface area contributed by atoms with Crippen LogP contribution in [0.4, 0.5) is 0 Å². The van der Waals surface area contributed by atoms with Gasteiger partial charge in [0.2, 0.25) is 0 Å². The SMILES string of the molecule is CC(C)(C)c1ccsn1.CC(C)(C)c1cncs1.CC(C)(C)c1cnns1.CC(C)(C)c1cscn1.CC(C)(C)c1nccs1.CC(C)(C)c1ncns1.CC(C)(C)c1nnns1. The molecule has 0 radical (unpaired) electrons. The lowest BCUT2D eigenvalue weighted by Gasteiger charge is -2.13. The van der Waals surface area contributed by atoms with Crippen LogP contribution in [0, 0.1) is 0 Å². The van der Waals surface area contributed by atoms with E-state index in [0.29, 0.717) is 0 Å². The van der Waals surface area contributed by atoms with Gasteiger partial charge in [0.05, 0.1) is 38.5 Å². The van der Waals surface area contributed by atoms with E-state index in [2.05, 4.69) is 210 Å². The van der Waals surface area contributed by atoms with Crippen molar-refractivity contribution in [3.63, 3.8) is 0 Å². The van der Waals surface area contributed by atoms with Gasteiger partial charge in [-0.3, -0.25) is 4.98 Å². The zero-order valence-corrected chi connectivity index (χ0v) is 47.3. The Hall–Kier alpha value is -2.87. The normalized spacial score (nSPS) is 11.9. The predicted octanol–water partition coefficient (Wildman–Crippen LogP) is 14.7. The Balaban J connectivity index is 0.000000367. The highest BCUT2D eigenvalue weighted by Gasteiger charge is 2.19. The molecule has 0 saturated carbocycles. The molecule has 0 aliphatic heterocycles. The molecule has 0 amide bonds. The Morgan fingerprint density at radius 2 is 1.08 bits per heavy atom. The number of nitrogens with zero attached hydrogens (tertiary/aromatic N) is 11. The quantitative estimate of drug-likeness (QED) is 0.143. The molecule has 0 aliphatic rings. The van der Waals surface area contributed by atoms with Crippen molar-refractivity contribution in [1.82, 2.24) is 53.1 Å². The van der Waals surface area contributed by atoms with Crippen LogP contribution < -0.4 is 0 Å². The lowest BCUT2D eigenvalue weighted by molar-refractivity contribution is 0.573. The molecule has 7 aromatic heterocycles. The van der Waals surface area contributed by atoms with Gasteiger partial charge in [0.15, 0.2) is 0 Å². The molecule has 11 nitrogen and oxygen atoms in total. The molecule has 0 N–H and O–H groups in total. The van der Waals surface area contributed by atoms with Crippen molar-refractivity contribution in [2.75, 3.05) is 0 Å². The molecule has 7 heterocycles. The molecular formula is C45H73N11S7. The number of aromatic nitrogens is 11. The highest BCUT2D eigenvalue weighted by molar-refractivity contribution is 7.10. The Morgan fingerprint density at radius 3 is 1.30 bits per heavy atom. The van der Waals surface area contributed by atoms with Crippen LogP contribution in [0.2, 0.25) is 0 Å². The fourth-order valence-corrected chi connectivity index (χ4v) is 8.31. The predicted molar refractivity (Wildman–Crippen MR) is 277 cm³/mol. The molecule has 350 valence electrons. The summed E-state index contributed by atoms with van der Waals surface area (Å²) in [7, 11) is 0. The van der Waals surface area contributed by atoms with Gasteiger partial charge in [-0.25, -0.2) is 15.0 Å². The Bertz CT molecular complexity index is 1640. The molecule has 0 aromatic carbocycles. The summed E-state index contributed by atoms with van der Waals surface area (Å²) in [4.78, 5) is 19.1. The van der Waals surface area contributed by atoms with Gasteiger partial charge in [-0.15, -0.1) is 44.2 Å². The third kappa shape index (κ3) is 24.8. The molecule has 0 spiro atoms. The first-order valence-corrected chi connectivity index (χ1v) is 26.4. The fraction of sp³-hybridized carbons (Fsp3) is 0.622. The van der Waals surface area contributed by atoms with Gasteiger partial charge in [-0.05, 0) is 56.7 Å². The van der Waals surface area contributed by atoms with Gasteiger partial charge in [-0.2, -0.15) is 8.75 Å². The van der Waals surface area contributed by atoms with Crippen LogP contribution in [0.5, 0.6) is 0 Å². The van der Waals surface area contributed by atoms with E-state index in [1.807, 2.05) is 40.4 Å². The second-order valence-corrected chi connectivity index (χ2v) is 26.9. The van der Waals surface area contributed by atoms with Crippen LogP contribution in [0.25, 0.3) is 0 Å². The third-order valence-electron chi connectivity index (χ3n) is 7.70. The fourth-order valence-electron chi connectivity index (χ4n) is 3.78. The second-order valence-electron chi connectivity index (χ2n) is 21.4. The van der Waals surface area contributed by atoms with Crippen molar-refractivity contribution < 1.29 is 0 Å². The average molecular weight is 993 g/mol. The summed E-state index contributed by atoms with van der Waals surface area (Å²) in [5, 5.41) is 20.5. The first kappa shape index (κ1) is 58.1. The van der Waals surface area contributed by atoms with Crippen LogP contribution in [0.3, 0.4) is 0 Å². The lowest BCUT2D eigenvalue weighted by atomic mass is 9.93. The molecule has 63 heavy (non-hydrogen) atoms. The first-order valence-electron chi connectivity index (χ1n) is 20.5. The molecule has 7 rings (SSSR count). The molecule has 0 saturated heterocycles. The molecule has 0 bridgehead atoms. The third-order valence-corrected chi connectivity index (χ3v) is 14.4. The minimum Gasteiger partial charge on any atom is -0.253 e. The molecular weight excluding hydrogens is 919 g/mol. The molecule has 0 atom stereocenters. The smallest absolute Gasteiger partial charge is 0.143 e. The van der Waals surface area contributed by atoms with Gasteiger partial charge < -0.3 is 0 Å². The summed E-state index contributed by atoms with van der Waals surface area (Å²) >= 11 is 10.9. The van der Waals surface area contributed by atoms with Crippen LogP contribution >= 0.6 is 80.1 Å². The van der Waals surface area contributed by atoms with Crippen molar-refractivity contribution in [1.29, 1.82) is 0 Å². The van der Waals surface area contributed by atoms with Crippen molar-refractivity contribution >= 4 is 80.1 Å². The molecule has 7 aromatic rings. The molecule has 0 unspecified atom stereocenters. The standard InChI is InChI=1S/4C7H11NS.2C6H10N2S.C5H9N3S/c1-7(2,3)6-4-9-5-8-6;1-7(2,3)6-4-8-5-9-6;1-7(2,3)6-8-4-5-9-6;1-7(2,3)6-4-5-9-8-6;1-6(2,3)5-7-4-8-9-5;1-6(2,3)5-4-7-8-9-5;1-5(2,3)4-6-7-8-9-4/h4*4-5H,1-3H3;2*4H,1-3H3;1-3H3. The van der Waals surface area contributed by atoms with E-state index in [1.165, 1.54) is 72.3 Å². The van der Waals surface area contributed by atoms with E-state index >= 15 is 0 Å². The van der Waals surface area contributed by atoms with Gasteiger partial charge >= 0.3 is 0 Å². The van der Waals surface area contributed by atoms with Gasteiger partial charge in [0.1, 0.15) is 16.3 Å². The van der Waals surface area contributed by atoms with E-state index in [-0.39, 0.29) is 37.9 Å². The Kier molecular flexibility index (Phi) is 23.7. The maximum atomic E-state index is 4.23. The van der Waals surface area contributed by atoms with Crippen molar-refractivity contribution in [2.45, 2.75) is 183 Å². The maximum Gasteiger partial charge on any atom is 0.143 e. The second kappa shape index (κ2) is 25.7. The topological polar surface area (TPSA) is 142 Å². The summed E-state index contributed by atoms with van der Waals surface area (Å²) in [6.07, 6.45) is 7.21. The Labute approximate surface area is 407 Å². The monoisotopic (exact) mass is 991 g/mol. The van der Waals surface area contributed by atoms with Crippen molar-refractivity contribution in [2.24, 2.45) is 0 Å². The summed E-state index contributed by atoms with van der Waals surface area (Å²) in [5.74, 6) is 0. The summed E-state index contributed by atoms with van der Waals surface area (Å²) in [5.41, 5.74) is 7.57. The number of rotatable bonds is 0. The van der Waals surface area contributed by atoms with Crippen molar-refractivity contribution in [3.8, 4) is 0 Å². The van der Waals surface area contributed by atoms with E-state index in [4.69, 9.17) is 0 Å². The first-order chi connectivity index (χ1) is 28.7. The molecule has 0 fully saturated rings. The van der Waals surface area contributed by atoms with Crippen LogP contribution in [0.1, 0.15) is 182 Å². The summed E-state index contributed by atoms with van der Waals surface area (Å²) in [6, 6.07) is 2.07. The summed E-state index contributed by atoms with van der Waals surface area (Å²) < 4.78 is 15.6. The maximum absolute atomic E-state index is 4.23. The Morgan fingerprint density at radius 1 is 0.476 bits per heavy atom. The highest BCUT2D eigenvalue weighted by atomic mass is 32.1. The van der Waals surface area contributed by atoms with Crippen LogP contribution in [0.15, 0.2) is 58.1 Å². The van der Waals surface area contributed by atoms with Gasteiger partial charge in [0, 0.05) is 72.0 Å². The number of hydrogen-bond acceptors (Lipinski definition) is 18. The van der Waals surface area contributed by atoms with E-state index in [0.717, 1.165) is 10.0 Å². The minimum absolute atomic E-state index is 0.105. The zero-order valence-electron chi connectivity index (χ0n) is 41.6.